The second-order valence-electron chi connectivity index (χ2n) is 7.14. The van der Waals surface area contributed by atoms with Crippen molar-refractivity contribution in [3.05, 3.63) is 29.0 Å². The normalized spacial score (nSPS) is 17.3. The minimum absolute atomic E-state index is 0.0235. The molecule has 0 bridgehead atoms. The van der Waals surface area contributed by atoms with Crippen molar-refractivity contribution in [1.82, 2.24) is 20.0 Å². The van der Waals surface area contributed by atoms with Gasteiger partial charge in [-0.15, -0.1) is 0 Å². The SMILES string of the molecule is CCC(CC)C(=O)N1CCC[C@@H]1c1nc(C)ncc1-c1onc(C)c1C. The Morgan fingerprint density at radius 2 is 2.04 bits per heavy atom. The second-order valence-corrected chi connectivity index (χ2v) is 7.14. The van der Waals surface area contributed by atoms with E-state index in [-0.39, 0.29) is 17.9 Å². The molecule has 0 N–H and O–H groups in total. The topological polar surface area (TPSA) is 72.1 Å². The van der Waals surface area contributed by atoms with Crippen molar-refractivity contribution in [3.63, 3.8) is 0 Å². The van der Waals surface area contributed by atoms with E-state index in [4.69, 9.17) is 9.51 Å². The fourth-order valence-corrected chi connectivity index (χ4v) is 3.77. The summed E-state index contributed by atoms with van der Waals surface area (Å²) in [6.07, 6.45) is 5.46. The van der Waals surface area contributed by atoms with Gasteiger partial charge in [0.15, 0.2) is 5.76 Å². The Morgan fingerprint density at radius 1 is 1.31 bits per heavy atom. The number of nitrogens with zero attached hydrogens (tertiary/aromatic N) is 4. The number of hydrogen-bond acceptors (Lipinski definition) is 5. The van der Waals surface area contributed by atoms with Gasteiger partial charge < -0.3 is 9.42 Å². The van der Waals surface area contributed by atoms with Gasteiger partial charge in [0, 0.05) is 24.2 Å². The molecule has 2 aromatic rings. The first-order valence-corrected chi connectivity index (χ1v) is 9.55. The Hall–Kier alpha value is -2.24. The highest BCUT2D eigenvalue weighted by molar-refractivity contribution is 5.80. The van der Waals surface area contributed by atoms with Crippen LogP contribution in [0, 0.1) is 26.7 Å². The van der Waals surface area contributed by atoms with E-state index in [1.165, 1.54) is 0 Å². The third-order valence-electron chi connectivity index (χ3n) is 5.53. The molecular formula is C20H28N4O2. The molecule has 0 aliphatic carbocycles. The molecule has 1 fully saturated rings. The first-order valence-electron chi connectivity index (χ1n) is 9.55. The van der Waals surface area contributed by atoms with Gasteiger partial charge in [0.1, 0.15) is 5.82 Å². The van der Waals surface area contributed by atoms with Gasteiger partial charge in [-0.25, -0.2) is 9.97 Å². The average molecular weight is 356 g/mol. The zero-order chi connectivity index (χ0) is 18.8. The lowest BCUT2D eigenvalue weighted by atomic mass is 9.98. The van der Waals surface area contributed by atoms with Crippen molar-refractivity contribution in [2.24, 2.45) is 5.92 Å². The van der Waals surface area contributed by atoms with Gasteiger partial charge in [0.2, 0.25) is 5.91 Å². The summed E-state index contributed by atoms with van der Waals surface area (Å²) >= 11 is 0. The molecule has 2 aromatic heterocycles. The van der Waals surface area contributed by atoms with Crippen LogP contribution in [0.4, 0.5) is 0 Å². The van der Waals surface area contributed by atoms with Crippen LogP contribution in [-0.4, -0.2) is 32.5 Å². The molecule has 1 amide bonds. The minimum atomic E-state index is -0.0235. The molecule has 0 saturated carbocycles. The van der Waals surface area contributed by atoms with Gasteiger partial charge in [-0.2, -0.15) is 0 Å². The summed E-state index contributed by atoms with van der Waals surface area (Å²) in [6.45, 7) is 10.8. The average Bonchev–Trinajstić information content (AvgIpc) is 3.24. The standard InChI is InChI=1S/C20H28N4O2/c1-6-15(7-2)20(25)24-10-8-9-17(24)18-16(11-21-14(5)22-18)19-12(3)13(4)23-26-19/h11,15,17H,6-10H2,1-5H3/t17-/m1/s1. The van der Waals surface area contributed by atoms with Crippen molar-refractivity contribution in [2.75, 3.05) is 6.54 Å². The second kappa shape index (κ2) is 7.56. The Balaban J connectivity index is 2.04. The highest BCUT2D eigenvalue weighted by atomic mass is 16.5. The van der Waals surface area contributed by atoms with Crippen LogP contribution in [0.5, 0.6) is 0 Å². The van der Waals surface area contributed by atoms with Crippen molar-refractivity contribution < 1.29 is 9.32 Å². The molecule has 1 saturated heterocycles. The molecule has 0 aromatic carbocycles. The fourth-order valence-electron chi connectivity index (χ4n) is 3.77. The lowest BCUT2D eigenvalue weighted by Crippen LogP contribution is -2.36. The minimum Gasteiger partial charge on any atom is -0.356 e. The number of carbonyl (C=O) groups excluding carboxylic acids is 1. The lowest BCUT2D eigenvalue weighted by molar-refractivity contribution is -0.136. The third kappa shape index (κ3) is 3.24. The van der Waals surface area contributed by atoms with Crippen LogP contribution in [0.3, 0.4) is 0 Å². The molecule has 1 aliphatic rings. The van der Waals surface area contributed by atoms with Crippen molar-refractivity contribution in [3.8, 4) is 11.3 Å². The molecule has 26 heavy (non-hydrogen) atoms. The number of likely N-dealkylation sites (tertiary alicyclic amines) is 1. The molecule has 0 radical (unpaired) electrons. The Morgan fingerprint density at radius 3 is 2.65 bits per heavy atom. The van der Waals surface area contributed by atoms with Gasteiger partial charge in [0.25, 0.3) is 0 Å². The van der Waals surface area contributed by atoms with Crippen LogP contribution in [0.1, 0.15) is 68.3 Å². The van der Waals surface area contributed by atoms with Crippen molar-refractivity contribution in [1.29, 1.82) is 0 Å². The van der Waals surface area contributed by atoms with Gasteiger partial charge in [0.05, 0.1) is 23.0 Å². The lowest BCUT2D eigenvalue weighted by Gasteiger charge is -2.28. The smallest absolute Gasteiger partial charge is 0.226 e. The zero-order valence-corrected chi connectivity index (χ0v) is 16.4. The number of carbonyl (C=O) groups is 1. The number of aryl methyl sites for hydroxylation is 2. The van der Waals surface area contributed by atoms with Gasteiger partial charge in [-0.1, -0.05) is 19.0 Å². The summed E-state index contributed by atoms with van der Waals surface area (Å²) < 4.78 is 5.57. The monoisotopic (exact) mass is 356 g/mol. The molecule has 6 heteroatoms. The van der Waals surface area contributed by atoms with Crippen molar-refractivity contribution in [2.45, 2.75) is 66.3 Å². The first-order chi connectivity index (χ1) is 12.5. The Bertz CT molecular complexity index is 795. The van der Waals surface area contributed by atoms with Crippen LogP contribution >= 0.6 is 0 Å². The molecule has 140 valence electrons. The van der Waals surface area contributed by atoms with E-state index in [0.29, 0.717) is 11.6 Å². The Kier molecular flexibility index (Phi) is 5.39. The van der Waals surface area contributed by atoms with Crippen LogP contribution in [0.2, 0.25) is 0 Å². The highest BCUT2D eigenvalue weighted by Gasteiger charge is 2.36. The number of rotatable bonds is 5. The van der Waals surface area contributed by atoms with Gasteiger partial charge in [-0.05, 0) is 46.5 Å². The summed E-state index contributed by atoms with van der Waals surface area (Å²) in [5.74, 6) is 1.74. The number of amides is 1. The van der Waals surface area contributed by atoms with E-state index >= 15 is 0 Å². The fraction of sp³-hybridized carbons (Fsp3) is 0.600. The molecule has 1 aliphatic heterocycles. The number of hydrogen-bond donors (Lipinski definition) is 0. The predicted molar refractivity (Wildman–Crippen MR) is 99.5 cm³/mol. The third-order valence-corrected chi connectivity index (χ3v) is 5.53. The quantitative estimate of drug-likeness (QED) is 0.804. The molecule has 6 nitrogen and oxygen atoms in total. The summed E-state index contributed by atoms with van der Waals surface area (Å²) in [6, 6.07) is -0.0235. The molecule has 3 heterocycles. The van der Waals surface area contributed by atoms with E-state index in [1.807, 2.05) is 31.9 Å². The van der Waals surface area contributed by atoms with Crippen molar-refractivity contribution >= 4 is 5.91 Å². The Labute approximate surface area is 155 Å². The van der Waals surface area contributed by atoms with E-state index in [0.717, 1.165) is 54.7 Å². The molecular weight excluding hydrogens is 328 g/mol. The van der Waals surface area contributed by atoms with E-state index < -0.39 is 0 Å². The van der Waals surface area contributed by atoms with Crippen LogP contribution < -0.4 is 0 Å². The maximum atomic E-state index is 13.0. The number of aromatic nitrogens is 3. The molecule has 0 unspecified atom stereocenters. The maximum absolute atomic E-state index is 13.0. The zero-order valence-electron chi connectivity index (χ0n) is 16.4. The molecule has 0 spiro atoms. The summed E-state index contributed by atoms with van der Waals surface area (Å²) in [5.41, 5.74) is 3.59. The summed E-state index contributed by atoms with van der Waals surface area (Å²) in [5, 5.41) is 4.08. The van der Waals surface area contributed by atoms with E-state index in [2.05, 4.69) is 24.0 Å². The predicted octanol–water partition coefficient (Wildman–Crippen LogP) is 4.16. The van der Waals surface area contributed by atoms with Gasteiger partial charge >= 0.3 is 0 Å². The molecule has 3 rings (SSSR count). The largest absolute Gasteiger partial charge is 0.356 e. The maximum Gasteiger partial charge on any atom is 0.226 e. The van der Waals surface area contributed by atoms with Crippen LogP contribution in [-0.2, 0) is 4.79 Å². The van der Waals surface area contributed by atoms with Crippen LogP contribution in [0.25, 0.3) is 11.3 Å². The summed E-state index contributed by atoms with van der Waals surface area (Å²) in [4.78, 5) is 24.2. The summed E-state index contributed by atoms with van der Waals surface area (Å²) in [7, 11) is 0. The molecule has 1 atom stereocenters. The van der Waals surface area contributed by atoms with Gasteiger partial charge in [-0.3, -0.25) is 4.79 Å². The van der Waals surface area contributed by atoms with Crippen LogP contribution in [0.15, 0.2) is 10.7 Å². The van der Waals surface area contributed by atoms with E-state index in [9.17, 15) is 4.79 Å². The van der Waals surface area contributed by atoms with E-state index in [1.54, 1.807) is 0 Å². The first kappa shape index (κ1) is 18.5. The highest BCUT2D eigenvalue weighted by Crippen LogP contribution is 2.38.